The number of aromatic nitrogens is 2. The lowest BCUT2D eigenvalue weighted by molar-refractivity contribution is 0.200. The Bertz CT molecular complexity index is 888. The highest BCUT2D eigenvalue weighted by molar-refractivity contribution is 7.15. The first-order valence-electron chi connectivity index (χ1n) is 8.28. The summed E-state index contributed by atoms with van der Waals surface area (Å²) in [4.78, 5) is 14.2. The molecule has 1 N–H and O–H groups in total. The first-order chi connectivity index (χ1) is 12.2. The van der Waals surface area contributed by atoms with Crippen molar-refractivity contribution in [2.75, 3.05) is 11.9 Å². The van der Waals surface area contributed by atoms with Crippen LogP contribution in [0.5, 0.6) is 0 Å². The lowest BCUT2D eigenvalue weighted by atomic mass is 10.1. The smallest absolute Gasteiger partial charge is 0.324 e. The summed E-state index contributed by atoms with van der Waals surface area (Å²) in [5.41, 5.74) is 2.22. The number of urea groups is 1. The largest absolute Gasteiger partial charge is 0.459 e. The van der Waals surface area contributed by atoms with E-state index < -0.39 is 0 Å². The van der Waals surface area contributed by atoms with E-state index in [1.165, 1.54) is 16.9 Å². The Kier molecular flexibility index (Phi) is 4.23. The summed E-state index contributed by atoms with van der Waals surface area (Å²) in [7, 11) is 0. The first-order valence-corrected chi connectivity index (χ1v) is 9.10. The predicted molar refractivity (Wildman–Crippen MR) is 96.6 cm³/mol. The predicted octanol–water partition coefficient (Wildman–Crippen LogP) is 3.95. The van der Waals surface area contributed by atoms with Gasteiger partial charge in [-0.1, -0.05) is 48.6 Å². The second-order valence-corrected chi connectivity index (χ2v) is 6.94. The molecule has 0 spiro atoms. The van der Waals surface area contributed by atoms with E-state index in [1.807, 2.05) is 37.3 Å². The number of aryl methyl sites for hydroxylation is 1. The van der Waals surface area contributed by atoms with E-state index in [0.717, 1.165) is 34.9 Å². The Hall–Kier alpha value is -2.67. The molecule has 2 aromatic heterocycles. The molecule has 2 amide bonds. The molecule has 1 aliphatic heterocycles. The van der Waals surface area contributed by atoms with E-state index in [2.05, 4.69) is 21.6 Å². The van der Waals surface area contributed by atoms with Gasteiger partial charge in [-0.25, -0.2) is 4.79 Å². The number of hydrogen-bond acceptors (Lipinski definition) is 5. The molecule has 0 bridgehead atoms. The van der Waals surface area contributed by atoms with Crippen molar-refractivity contribution < 1.29 is 9.21 Å². The van der Waals surface area contributed by atoms with Crippen LogP contribution in [0.4, 0.5) is 9.93 Å². The maximum Gasteiger partial charge on any atom is 0.324 e. The fourth-order valence-corrected chi connectivity index (χ4v) is 3.52. The van der Waals surface area contributed by atoms with Crippen LogP contribution < -0.4 is 5.32 Å². The van der Waals surface area contributed by atoms with E-state index >= 15 is 0 Å². The molecule has 0 fully saturated rings. The average molecular weight is 354 g/mol. The molecule has 3 heterocycles. The number of benzene rings is 1. The van der Waals surface area contributed by atoms with Crippen LogP contribution in [0, 0.1) is 0 Å². The molecular formula is C18H18N4O2S. The molecular weight excluding hydrogens is 336 g/mol. The van der Waals surface area contributed by atoms with Crippen molar-refractivity contribution in [3.05, 3.63) is 52.7 Å². The highest BCUT2D eigenvalue weighted by Gasteiger charge is 2.25. The molecule has 0 saturated carbocycles. The van der Waals surface area contributed by atoms with Gasteiger partial charge in [-0.2, -0.15) is 0 Å². The molecule has 0 unspecified atom stereocenters. The zero-order valence-corrected chi connectivity index (χ0v) is 14.7. The number of hydrogen-bond donors (Lipinski definition) is 1. The number of fused-ring (bicyclic) bond motifs is 1. The van der Waals surface area contributed by atoms with Crippen LogP contribution in [-0.4, -0.2) is 27.7 Å². The van der Waals surface area contributed by atoms with Gasteiger partial charge in [0.15, 0.2) is 0 Å². The van der Waals surface area contributed by atoms with Crippen molar-refractivity contribution in [2.45, 2.75) is 26.3 Å². The number of nitrogens with one attached hydrogen (secondary N) is 1. The molecule has 3 aromatic rings. The molecule has 4 rings (SSSR count). The number of furan rings is 1. The Labute approximate surface area is 149 Å². The molecule has 0 saturated heterocycles. The number of nitrogens with zero attached hydrogens (tertiary/aromatic N) is 3. The molecule has 1 aliphatic rings. The molecule has 7 heteroatoms. The van der Waals surface area contributed by atoms with Gasteiger partial charge in [0.2, 0.25) is 5.13 Å². The van der Waals surface area contributed by atoms with Crippen LogP contribution in [0.3, 0.4) is 0 Å². The number of anilines is 1. The van der Waals surface area contributed by atoms with Gasteiger partial charge in [-0.05, 0) is 24.5 Å². The second kappa shape index (κ2) is 6.68. The van der Waals surface area contributed by atoms with Crippen LogP contribution in [0.2, 0.25) is 0 Å². The molecule has 25 heavy (non-hydrogen) atoms. The van der Waals surface area contributed by atoms with Gasteiger partial charge in [0.05, 0.1) is 6.54 Å². The van der Waals surface area contributed by atoms with Gasteiger partial charge >= 0.3 is 6.03 Å². The highest BCUT2D eigenvalue weighted by Crippen LogP contribution is 2.29. The van der Waals surface area contributed by atoms with Gasteiger partial charge in [-0.3, -0.25) is 5.32 Å². The summed E-state index contributed by atoms with van der Waals surface area (Å²) in [6, 6.07) is 11.9. The molecule has 0 radical (unpaired) electrons. The minimum Gasteiger partial charge on any atom is -0.459 e. The van der Waals surface area contributed by atoms with E-state index in [1.54, 1.807) is 4.90 Å². The zero-order valence-electron chi connectivity index (χ0n) is 13.9. The van der Waals surface area contributed by atoms with Crippen molar-refractivity contribution in [1.29, 1.82) is 0 Å². The topological polar surface area (TPSA) is 71.3 Å². The van der Waals surface area contributed by atoms with E-state index in [9.17, 15) is 4.79 Å². The van der Waals surface area contributed by atoms with Crippen LogP contribution >= 0.6 is 11.3 Å². The van der Waals surface area contributed by atoms with Gasteiger partial charge < -0.3 is 9.32 Å². The third kappa shape index (κ3) is 3.28. The maximum atomic E-state index is 12.5. The standard InChI is InChI=1S/C18H18N4O2S/c1-2-16-20-21-17(25-16)19-18(23)22-9-8-13-10-14(24-15(13)11-22)12-6-4-3-5-7-12/h3-7,10H,2,8-9,11H2,1H3,(H,19,21,23). The van der Waals surface area contributed by atoms with Crippen molar-refractivity contribution in [2.24, 2.45) is 0 Å². The minimum atomic E-state index is -0.165. The van der Waals surface area contributed by atoms with Crippen molar-refractivity contribution in [3.8, 4) is 11.3 Å². The Balaban J connectivity index is 1.47. The molecule has 128 valence electrons. The quantitative estimate of drug-likeness (QED) is 0.773. The maximum absolute atomic E-state index is 12.5. The van der Waals surface area contributed by atoms with Crippen LogP contribution in [0.1, 0.15) is 23.3 Å². The fourth-order valence-electron chi connectivity index (χ4n) is 2.86. The molecule has 1 aromatic carbocycles. The normalized spacial score (nSPS) is 13.6. The van der Waals surface area contributed by atoms with Gasteiger partial charge in [-0.15, -0.1) is 10.2 Å². The van der Waals surface area contributed by atoms with Gasteiger partial charge in [0.1, 0.15) is 16.5 Å². The summed E-state index contributed by atoms with van der Waals surface area (Å²) >= 11 is 1.41. The van der Waals surface area contributed by atoms with Crippen molar-refractivity contribution in [3.63, 3.8) is 0 Å². The van der Waals surface area contributed by atoms with E-state index in [4.69, 9.17) is 4.42 Å². The summed E-state index contributed by atoms with van der Waals surface area (Å²) in [5, 5.41) is 12.3. The monoisotopic (exact) mass is 354 g/mol. The third-order valence-electron chi connectivity index (χ3n) is 4.21. The number of rotatable bonds is 3. The SMILES string of the molecule is CCc1nnc(NC(=O)N2CCc3cc(-c4ccccc4)oc3C2)s1. The van der Waals surface area contributed by atoms with Gasteiger partial charge in [0, 0.05) is 12.1 Å². The number of carbonyl (C=O) groups excluding carboxylic acids is 1. The van der Waals surface area contributed by atoms with E-state index in [0.29, 0.717) is 18.2 Å². The molecule has 0 aliphatic carbocycles. The van der Waals surface area contributed by atoms with Crippen LogP contribution in [0.25, 0.3) is 11.3 Å². The molecule has 6 nitrogen and oxygen atoms in total. The number of amides is 2. The zero-order chi connectivity index (χ0) is 17.2. The second-order valence-electron chi connectivity index (χ2n) is 5.88. The fraction of sp³-hybridized carbons (Fsp3) is 0.278. The lowest BCUT2D eigenvalue weighted by Crippen LogP contribution is -2.38. The minimum absolute atomic E-state index is 0.165. The Morgan fingerprint density at radius 1 is 1.32 bits per heavy atom. The third-order valence-corrected chi connectivity index (χ3v) is 5.19. The highest BCUT2D eigenvalue weighted by atomic mass is 32.1. The average Bonchev–Trinajstić information content (AvgIpc) is 3.28. The Morgan fingerprint density at radius 3 is 2.92 bits per heavy atom. The first kappa shape index (κ1) is 15.8. The van der Waals surface area contributed by atoms with E-state index in [-0.39, 0.29) is 6.03 Å². The number of carbonyl (C=O) groups is 1. The van der Waals surface area contributed by atoms with Crippen molar-refractivity contribution >= 4 is 22.5 Å². The summed E-state index contributed by atoms with van der Waals surface area (Å²) in [5.74, 6) is 1.70. The lowest BCUT2D eigenvalue weighted by Gasteiger charge is -2.25. The molecule has 0 atom stereocenters. The van der Waals surface area contributed by atoms with Crippen LogP contribution in [0.15, 0.2) is 40.8 Å². The van der Waals surface area contributed by atoms with Gasteiger partial charge in [0.25, 0.3) is 0 Å². The Morgan fingerprint density at radius 2 is 2.16 bits per heavy atom. The summed E-state index contributed by atoms with van der Waals surface area (Å²) in [6.07, 6.45) is 1.60. The van der Waals surface area contributed by atoms with Crippen molar-refractivity contribution in [1.82, 2.24) is 15.1 Å². The van der Waals surface area contributed by atoms with Crippen LogP contribution in [-0.2, 0) is 19.4 Å². The summed E-state index contributed by atoms with van der Waals surface area (Å²) in [6.45, 7) is 3.14. The summed E-state index contributed by atoms with van der Waals surface area (Å²) < 4.78 is 6.00.